The molecule has 1 aliphatic rings. The van der Waals surface area contributed by atoms with Gasteiger partial charge in [0.25, 0.3) is 0 Å². The zero-order chi connectivity index (χ0) is 22.0. The first-order valence-corrected chi connectivity index (χ1v) is 11.1. The lowest BCUT2D eigenvalue weighted by molar-refractivity contribution is -0.113. The Morgan fingerprint density at radius 3 is 2.71 bits per heavy atom. The molecule has 0 aliphatic carbocycles. The van der Waals surface area contributed by atoms with Crippen molar-refractivity contribution < 1.29 is 14.3 Å². The normalized spacial score (nSPS) is 15.6. The van der Waals surface area contributed by atoms with E-state index in [2.05, 4.69) is 11.9 Å². The topological polar surface area (TPSA) is 65.4 Å². The Hall–Kier alpha value is -3.19. The Morgan fingerprint density at radius 2 is 2.00 bits per heavy atom. The third kappa shape index (κ3) is 4.18. The van der Waals surface area contributed by atoms with E-state index in [-0.39, 0.29) is 11.2 Å². The van der Waals surface area contributed by atoms with Gasteiger partial charge >= 0.3 is 0 Å². The molecule has 1 aromatic heterocycles. The number of aryl methyl sites for hydroxylation is 2. The number of methoxy groups -OCH3 is 1. The van der Waals surface area contributed by atoms with E-state index in [1.807, 2.05) is 61.0 Å². The summed E-state index contributed by atoms with van der Waals surface area (Å²) in [5.74, 6) is 2.33. The average Bonchev–Trinajstić information content (AvgIpc) is 2.97. The Morgan fingerprint density at radius 1 is 1.23 bits per heavy atom. The van der Waals surface area contributed by atoms with Gasteiger partial charge in [0.2, 0.25) is 5.91 Å². The van der Waals surface area contributed by atoms with Crippen molar-refractivity contribution in [3.63, 3.8) is 0 Å². The van der Waals surface area contributed by atoms with E-state index in [0.717, 1.165) is 22.5 Å². The number of carbonyl (C=O) groups excluding carboxylic acids is 1. The van der Waals surface area contributed by atoms with Crippen LogP contribution in [0.4, 0.5) is 5.82 Å². The van der Waals surface area contributed by atoms with Gasteiger partial charge in [-0.2, -0.15) is 5.10 Å². The molecule has 2 aromatic carbocycles. The molecule has 0 unspecified atom stereocenters. The number of ether oxygens (including phenoxy) is 2. The van der Waals surface area contributed by atoms with E-state index in [9.17, 15) is 4.79 Å². The van der Waals surface area contributed by atoms with Crippen molar-refractivity contribution in [1.82, 2.24) is 9.78 Å². The highest BCUT2D eigenvalue weighted by atomic mass is 32.2. The summed E-state index contributed by atoms with van der Waals surface area (Å²) in [4.78, 5) is 12.5. The lowest BCUT2D eigenvalue weighted by atomic mass is 10.0. The fourth-order valence-electron chi connectivity index (χ4n) is 3.63. The van der Waals surface area contributed by atoms with E-state index >= 15 is 0 Å². The molecule has 3 aromatic rings. The molecule has 1 atom stereocenters. The summed E-state index contributed by atoms with van der Waals surface area (Å²) in [5.41, 5.74) is 4.98. The number of hydrogen-bond acceptors (Lipinski definition) is 5. The second-order valence-corrected chi connectivity index (χ2v) is 8.44. The van der Waals surface area contributed by atoms with Crippen LogP contribution < -0.4 is 14.8 Å². The summed E-state index contributed by atoms with van der Waals surface area (Å²) in [6, 6.07) is 14.0. The van der Waals surface area contributed by atoms with Crippen LogP contribution in [0.1, 0.15) is 27.6 Å². The number of hydrogen-bond donors (Lipinski definition) is 1. The average molecular weight is 436 g/mol. The highest BCUT2D eigenvalue weighted by Gasteiger charge is 2.31. The van der Waals surface area contributed by atoms with Gasteiger partial charge in [-0.05, 0) is 43.7 Å². The highest BCUT2D eigenvalue weighted by Crippen LogP contribution is 2.45. The fourth-order valence-corrected chi connectivity index (χ4v) is 4.81. The zero-order valence-corrected chi connectivity index (χ0v) is 18.7. The van der Waals surface area contributed by atoms with Crippen molar-refractivity contribution in [2.75, 3.05) is 24.8 Å². The van der Waals surface area contributed by atoms with E-state index in [1.165, 1.54) is 5.56 Å². The number of nitrogens with one attached hydrogen (secondary N) is 1. The van der Waals surface area contributed by atoms with E-state index in [1.54, 1.807) is 24.9 Å². The lowest BCUT2D eigenvalue weighted by Gasteiger charge is -2.18. The van der Waals surface area contributed by atoms with Crippen LogP contribution >= 0.6 is 11.8 Å². The third-order valence-electron chi connectivity index (χ3n) is 5.13. The molecule has 0 saturated heterocycles. The highest BCUT2D eigenvalue weighted by molar-refractivity contribution is 8.00. The first-order chi connectivity index (χ1) is 15.0. The molecule has 1 amide bonds. The van der Waals surface area contributed by atoms with Crippen LogP contribution in [0.3, 0.4) is 0 Å². The minimum atomic E-state index is -0.0736. The number of anilines is 1. The first kappa shape index (κ1) is 21.1. The van der Waals surface area contributed by atoms with E-state index in [0.29, 0.717) is 29.7 Å². The number of aromatic nitrogens is 2. The van der Waals surface area contributed by atoms with Gasteiger partial charge in [0, 0.05) is 5.56 Å². The predicted octanol–water partition coefficient (Wildman–Crippen LogP) is 4.84. The van der Waals surface area contributed by atoms with Crippen LogP contribution in [-0.4, -0.2) is 35.2 Å². The SMILES string of the molecule is C=CCOc1ccc([C@@H]2SCC(=O)Nc3c2c(C)nn3-c2ccc(C)cc2)cc1OC. The summed E-state index contributed by atoms with van der Waals surface area (Å²) in [5, 5.41) is 7.76. The summed E-state index contributed by atoms with van der Waals surface area (Å²) in [6.07, 6.45) is 1.70. The minimum Gasteiger partial charge on any atom is -0.493 e. The van der Waals surface area contributed by atoms with Crippen molar-refractivity contribution in [3.05, 3.63) is 77.5 Å². The molecule has 0 saturated carbocycles. The molecule has 1 N–H and O–H groups in total. The Balaban J connectivity index is 1.80. The second-order valence-electron chi connectivity index (χ2n) is 7.34. The monoisotopic (exact) mass is 435 g/mol. The Kier molecular flexibility index (Phi) is 6.04. The summed E-state index contributed by atoms with van der Waals surface area (Å²) in [6.45, 7) is 8.11. The number of nitrogens with zero attached hydrogens (tertiary/aromatic N) is 2. The molecule has 160 valence electrons. The van der Waals surface area contributed by atoms with Crippen LogP contribution in [0.5, 0.6) is 11.5 Å². The lowest BCUT2D eigenvalue weighted by Crippen LogP contribution is -2.15. The second kappa shape index (κ2) is 8.89. The standard InChI is InChI=1S/C24H25N3O3S/c1-5-12-30-19-11-8-17(13-20(19)29-4)23-22-16(3)26-27(18-9-6-15(2)7-10-18)24(22)25-21(28)14-31-23/h5-11,13,23H,1,12,14H2,2-4H3,(H,25,28)/t23-/m0/s1. The number of benzene rings is 2. The van der Waals surface area contributed by atoms with Gasteiger partial charge in [0.05, 0.1) is 29.5 Å². The van der Waals surface area contributed by atoms with Gasteiger partial charge in [-0.1, -0.05) is 36.4 Å². The maximum Gasteiger partial charge on any atom is 0.235 e. The molecular weight excluding hydrogens is 410 g/mol. The van der Waals surface area contributed by atoms with Crippen LogP contribution in [0.25, 0.3) is 5.69 Å². The van der Waals surface area contributed by atoms with Crippen LogP contribution in [-0.2, 0) is 4.79 Å². The molecule has 1 aliphatic heterocycles. The van der Waals surface area contributed by atoms with Gasteiger partial charge < -0.3 is 14.8 Å². The first-order valence-electron chi connectivity index (χ1n) is 10.0. The summed E-state index contributed by atoms with van der Waals surface area (Å²) < 4.78 is 13.1. The van der Waals surface area contributed by atoms with Gasteiger partial charge in [0.15, 0.2) is 11.5 Å². The molecule has 0 radical (unpaired) electrons. The predicted molar refractivity (Wildman–Crippen MR) is 125 cm³/mol. The molecular formula is C24H25N3O3S. The van der Waals surface area contributed by atoms with Gasteiger partial charge in [-0.25, -0.2) is 4.68 Å². The molecule has 0 fully saturated rings. The van der Waals surface area contributed by atoms with Gasteiger partial charge in [-0.15, -0.1) is 11.8 Å². The molecule has 31 heavy (non-hydrogen) atoms. The molecule has 0 bridgehead atoms. The van der Waals surface area contributed by atoms with Crippen molar-refractivity contribution in [2.24, 2.45) is 0 Å². The van der Waals surface area contributed by atoms with Crippen LogP contribution in [0, 0.1) is 13.8 Å². The third-order valence-corrected chi connectivity index (χ3v) is 6.40. The zero-order valence-electron chi connectivity index (χ0n) is 17.8. The summed E-state index contributed by atoms with van der Waals surface area (Å²) in [7, 11) is 1.62. The van der Waals surface area contributed by atoms with E-state index < -0.39 is 0 Å². The van der Waals surface area contributed by atoms with Gasteiger partial charge in [0.1, 0.15) is 12.4 Å². The number of amides is 1. The summed E-state index contributed by atoms with van der Waals surface area (Å²) >= 11 is 1.58. The minimum absolute atomic E-state index is 0.0417. The van der Waals surface area contributed by atoms with Gasteiger partial charge in [-0.3, -0.25) is 4.79 Å². The molecule has 7 heteroatoms. The maximum absolute atomic E-state index is 12.5. The van der Waals surface area contributed by atoms with Crippen LogP contribution in [0.2, 0.25) is 0 Å². The molecule has 0 spiro atoms. The molecule has 6 nitrogen and oxygen atoms in total. The number of thioether (sulfide) groups is 1. The van der Waals surface area contributed by atoms with Crippen molar-refractivity contribution in [3.8, 4) is 17.2 Å². The largest absolute Gasteiger partial charge is 0.493 e. The van der Waals surface area contributed by atoms with Crippen molar-refractivity contribution in [2.45, 2.75) is 19.1 Å². The number of rotatable bonds is 6. The van der Waals surface area contributed by atoms with E-state index in [4.69, 9.17) is 14.6 Å². The van der Waals surface area contributed by atoms with Crippen molar-refractivity contribution >= 4 is 23.5 Å². The number of carbonyl (C=O) groups is 1. The maximum atomic E-state index is 12.5. The molecule has 4 rings (SSSR count). The fraction of sp³-hybridized carbons (Fsp3) is 0.250. The smallest absolute Gasteiger partial charge is 0.235 e. The Bertz CT molecular complexity index is 1120. The van der Waals surface area contributed by atoms with Crippen LogP contribution in [0.15, 0.2) is 55.1 Å². The van der Waals surface area contributed by atoms with Crippen molar-refractivity contribution in [1.29, 1.82) is 0 Å². The molecule has 2 heterocycles. The Labute approximate surface area is 186 Å². The quantitative estimate of drug-likeness (QED) is 0.562. The number of fused-ring (bicyclic) bond motifs is 1.